The third-order valence-electron chi connectivity index (χ3n) is 3.59. The Morgan fingerprint density at radius 3 is 2.35 bits per heavy atom. The molecule has 1 saturated heterocycles. The minimum Gasteiger partial charge on any atom is -0.355 e. The molecule has 5 nitrogen and oxygen atoms in total. The molecule has 1 aliphatic rings. The molecular formula is C14H22ClN3O2. The molecule has 1 aliphatic heterocycles. The minimum absolute atomic E-state index is 0.137. The average Bonchev–Trinajstić information content (AvgIpc) is 2.49. The second kappa shape index (κ2) is 7.90. The first kappa shape index (κ1) is 15.7. The summed E-state index contributed by atoms with van der Waals surface area (Å²) in [4.78, 5) is 8.91. The zero-order valence-electron chi connectivity index (χ0n) is 12.1. The molecule has 0 spiro atoms. The van der Waals surface area contributed by atoms with E-state index in [9.17, 15) is 0 Å². The average molecular weight is 300 g/mol. The molecule has 0 atom stereocenters. The quantitative estimate of drug-likeness (QED) is 0.587. The number of rotatable bonds is 6. The Bertz CT molecular complexity index is 390. The van der Waals surface area contributed by atoms with Crippen molar-refractivity contribution in [3.63, 3.8) is 0 Å². The molecule has 0 amide bonds. The summed E-state index contributed by atoms with van der Waals surface area (Å²) < 4.78 is 10.5. The fourth-order valence-electron chi connectivity index (χ4n) is 2.34. The zero-order chi connectivity index (χ0) is 14.4. The minimum atomic E-state index is -0.137. The highest BCUT2D eigenvalue weighted by Gasteiger charge is 2.19. The molecule has 0 bridgehead atoms. The number of hydrogen-bond acceptors (Lipinski definition) is 5. The molecule has 1 fully saturated rings. The summed E-state index contributed by atoms with van der Waals surface area (Å²) in [6.45, 7) is 5.90. The van der Waals surface area contributed by atoms with Crippen molar-refractivity contribution in [2.75, 3.05) is 46.9 Å². The zero-order valence-corrected chi connectivity index (χ0v) is 12.8. The van der Waals surface area contributed by atoms with Crippen LogP contribution in [0.3, 0.4) is 0 Å². The van der Waals surface area contributed by atoms with E-state index in [0.29, 0.717) is 5.15 Å². The van der Waals surface area contributed by atoms with Crippen molar-refractivity contribution in [2.45, 2.75) is 12.8 Å². The van der Waals surface area contributed by atoms with E-state index in [1.165, 1.54) is 5.56 Å². The van der Waals surface area contributed by atoms with Crippen molar-refractivity contribution >= 4 is 11.6 Å². The van der Waals surface area contributed by atoms with Crippen molar-refractivity contribution in [1.82, 2.24) is 14.8 Å². The molecular weight excluding hydrogens is 278 g/mol. The molecule has 0 aliphatic carbocycles. The fraction of sp³-hybridized carbons (Fsp3) is 0.643. The van der Waals surface area contributed by atoms with Gasteiger partial charge in [0.25, 0.3) is 0 Å². The van der Waals surface area contributed by atoms with Gasteiger partial charge in [-0.3, -0.25) is 9.80 Å². The lowest BCUT2D eigenvalue weighted by atomic mass is 10.2. The predicted octanol–water partition coefficient (Wildman–Crippen LogP) is 1.47. The van der Waals surface area contributed by atoms with E-state index in [1.807, 2.05) is 18.3 Å². The molecule has 0 unspecified atom stereocenters. The van der Waals surface area contributed by atoms with Crippen LogP contribution in [-0.4, -0.2) is 68.0 Å². The molecule has 0 saturated carbocycles. The summed E-state index contributed by atoms with van der Waals surface area (Å²) in [7, 11) is 3.36. The Hall–Kier alpha value is -0.720. The van der Waals surface area contributed by atoms with Crippen LogP contribution < -0.4 is 0 Å². The van der Waals surface area contributed by atoms with Gasteiger partial charge in [-0.1, -0.05) is 17.7 Å². The largest absolute Gasteiger partial charge is 0.355 e. The van der Waals surface area contributed by atoms with Gasteiger partial charge in [-0.25, -0.2) is 4.98 Å². The van der Waals surface area contributed by atoms with Gasteiger partial charge in [-0.2, -0.15) is 0 Å². The molecule has 20 heavy (non-hydrogen) atoms. The van der Waals surface area contributed by atoms with Gasteiger partial charge in [0.15, 0.2) is 6.29 Å². The SMILES string of the molecule is COC(CN1CCN(Cc2ccc(Cl)nc2)CC1)OC. The standard InChI is InChI=1S/C14H22ClN3O2/c1-19-14(20-2)11-18-7-5-17(6-8-18)10-12-3-4-13(15)16-9-12/h3-4,9,14H,5-8,10-11H2,1-2H3. The summed E-state index contributed by atoms with van der Waals surface area (Å²) in [5.74, 6) is 0. The van der Waals surface area contributed by atoms with Crippen molar-refractivity contribution in [3.05, 3.63) is 29.0 Å². The molecule has 0 aromatic carbocycles. The van der Waals surface area contributed by atoms with Crippen LogP contribution in [0.15, 0.2) is 18.3 Å². The summed E-state index contributed by atoms with van der Waals surface area (Å²) in [6, 6.07) is 3.88. The van der Waals surface area contributed by atoms with Crippen LogP contribution in [0.5, 0.6) is 0 Å². The van der Waals surface area contributed by atoms with Crippen molar-refractivity contribution in [1.29, 1.82) is 0 Å². The molecule has 2 heterocycles. The molecule has 2 rings (SSSR count). The van der Waals surface area contributed by atoms with E-state index in [0.717, 1.165) is 39.3 Å². The monoisotopic (exact) mass is 299 g/mol. The number of pyridine rings is 1. The number of ether oxygens (including phenoxy) is 2. The molecule has 0 N–H and O–H groups in total. The maximum atomic E-state index is 5.79. The second-order valence-electron chi connectivity index (χ2n) is 4.97. The molecule has 0 radical (unpaired) electrons. The highest BCUT2D eigenvalue weighted by atomic mass is 35.5. The lowest BCUT2D eigenvalue weighted by molar-refractivity contribution is -0.119. The number of halogens is 1. The van der Waals surface area contributed by atoms with E-state index in [1.54, 1.807) is 14.2 Å². The Balaban J connectivity index is 1.75. The highest BCUT2D eigenvalue weighted by molar-refractivity contribution is 6.29. The van der Waals surface area contributed by atoms with Crippen LogP contribution in [0.2, 0.25) is 5.15 Å². The van der Waals surface area contributed by atoms with Gasteiger partial charge in [0, 0.05) is 59.7 Å². The lowest BCUT2D eigenvalue weighted by Crippen LogP contribution is -2.48. The Kier molecular flexibility index (Phi) is 6.19. The van der Waals surface area contributed by atoms with Gasteiger partial charge in [0.2, 0.25) is 0 Å². The number of methoxy groups -OCH3 is 2. The predicted molar refractivity (Wildman–Crippen MR) is 78.8 cm³/mol. The third kappa shape index (κ3) is 4.68. The number of aromatic nitrogens is 1. The van der Waals surface area contributed by atoms with Crippen LogP contribution in [0.25, 0.3) is 0 Å². The van der Waals surface area contributed by atoms with Crippen LogP contribution in [0.4, 0.5) is 0 Å². The van der Waals surface area contributed by atoms with Crippen molar-refractivity contribution < 1.29 is 9.47 Å². The smallest absolute Gasteiger partial charge is 0.169 e. The first-order valence-corrected chi connectivity index (χ1v) is 7.20. The Labute approximate surface area is 125 Å². The van der Waals surface area contributed by atoms with Gasteiger partial charge < -0.3 is 9.47 Å². The number of nitrogens with zero attached hydrogens (tertiary/aromatic N) is 3. The normalized spacial score (nSPS) is 17.8. The van der Waals surface area contributed by atoms with Crippen LogP contribution in [-0.2, 0) is 16.0 Å². The summed E-state index contributed by atoms with van der Waals surface area (Å²) in [6.07, 6.45) is 1.71. The van der Waals surface area contributed by atoms with E-state index >= 15 is 0 Å². The van der Waals surface area contributed by atoms with Gasteiger partial charge in [0.05, 0.1) is 0 Å². The maximum Gasteiger partial charge on any atom is 0.169 e. The Morgan fingerprint density at radius 1 is 1.15 bits per heavy atom. The highest BCUT2D eigenvalue weighted by Crippen LogP contribution is 2.11. The van der Waals surface area contributed by atoms with Crippen LogP contribution in [0, 0.1) is 0 Å². The maximum absolute atomic E-state index is 5.79. The summed E-state index contributed by atoms with van der Waals surface area (Å²) in [5, 5.41) is 0.545. The van der Waals surface area contributed by atoms with Gasteiger partial charge in [-0.05, 0) is 11.6 Å². The van der Waals surface area contributed by atoms with E-state index in [-0.39, 0.29) is 6.29 Å². The fourth-order valence-corrected chi connectivity index (χ4v) is 2.46. The topological polar surface area (TPSA) is 37.8 Å². The lowest BCUT2D eigenvalue weighted by Gasteiger charge is -2.35. The summed E-state index contributed by atoms with van der Waals surface area (Å²) >= 11 is 5.79. The second-order valence-corrected chi connectivity index (χ2v) is 5.35. The van der Waals surface area contributed by atoms with E-state index in [4.69, 9.17) is 21.1 Å². The molecule has 112 valence electrons. The molecule has 1 aromatic heterocycles. The van der Waals surface area contributed by atoms with Gasteiger partial charge in [-0.15, -0.1) is 0 Å². The number of piperazine rings is 1. The van der Waals surface area contributed by atoms with Crippen molar-refractivity contribution in [2.24, 2.45) is 0 Å². The first-order chi connectivity index (χ1) is 9.71. The van der Waals surface area contributed by atoms with Crippen LogP contribution in [0.1, 0.15) is 5.56 Å². The summed E-state index contributed by atoms with van der Waals surface area (Å²) in [5.41, 5.74) is 1.20. The Morgan fingerprint density at radius 2 is 1.80 bits per heavy atom. The number of hydrogen-bond donors (Lipinski definition) is 0. The molecule has 1 aromatic rings. The van der Waals surface area contributed by atoms with E-state index in [2.05, 4.69) is 14.8 Å². The third-order valence-corrected chi connectivity index (χ3v) is 3.82. The first-order valence-electron chi connectivity index (χ1n) is 6.82. The van der Waals surface area contributed by atoms with Gasteiger partial charge in [0.1, 0.15) is 5.15 Å². The molecule has 6 heteroatoms. The van der Waals surface area contributed by atoms with Crippen LogP contribution >= 0.6 is 11.6 Å². The van der Waals surface area contributed by atoms with Gasteiger partial charge >= 0.3 is 0 Å². The van der Waals surface area contributed by atoms with Crippen molar-refractivity contribution in [3.8, 4) is 0 Å². The van der Waals surface area contributed by atoms with E-state index < -0.39 is 0 Å².